The Hall–Kier alpha value is -3.18. The van der Waals surface area contributed by atoms with Crippen molar-refractivity contribution in [2.24, 2.45) is 17.8 Å². The summed E-state index contributed by atoms with van der Waals surface area (Å²) in [6, 6.07) is -3.96. The number of cyclic esters (lactones) is 1. The Labute approximate surface area is 269 Å². The number of carbonyl (C=O) groups is 6. The maximum atomic E-state index is 13.3. The summed E-state index contributed by atoms with van der Waals surface area (Å²) in [5, 5.41) is 13.3. The highest BCUT2D eigenvalue weighted by atomic mass is 16.5. The van der Waals surface area contributed by atoms with Crippen LogP contribution in [0.15, 0.2) is 0 Å². The number of carbonyl (C=O) groups excluding carboxylic acids is 6. The molecule has 45 heavy (non-hydrogen) atoms. The molecule has 0 aromatic heterocycles. The van der Waals surface area contributed by atoms with Gasteiger partial charge >= 0.3 is 5.97 Å². The molecule has 1 rings (SSSR count). The number of hydrogen-bond acceptors (Lipinski definition) is 7. The van der Waals surface area contributed by atoms with Gasteiger partial charge in [0.15, 0.2) is 0 Å². The molecular formula is C33H59N5O7. The number of ether oxygens (including phenoxy) is 1. The maximum absolute atomic E-state index is 13.3. The van der Waals surface area contributed by atoms with Crippen molar-refractivity contribution in [1.29, 1.82) is 0 Å². The number of nitrogens with one attached hydrogen (secondary N) is 5. The van der Waals surface area contributed by atoms with E-state index in [-0.39, 0.29) is 30.7 Å². The second-order valence-corrected chi connectivity index (χ2v) is 13.4. The quantitative estimate of drug-likeness (QED) is 0.162. The summed E-state index contributed by atoms with van der Waals surface area (Å²) in [5.41, 5.74) is 0. The summed E-state index contributed by atoms with van der Waals surface area (Å²) in [6.45, 7) is 14.1. The van der Waals surface area contributed by atoms with Gasteiger partial charge in [-0.15, -0.1) is 0 Å². The Bertz CT molecular complexity index is 984. The molecule has 258 valence electrons. The molecule has 1 fully saturated rings. The number of rotatable bonds is 12. The van der Waals surface area contributed by atoms with Crippen molar-refractivity contribution < 1.29 is 33.5 Å². The zero-order valence-electron chi connectivity index (χ0n) is 28.8. The van der Waals surface area contributed by atoms with Crippen molar-refractivity contribution in [3.8, 4) is 0 Å². The zero-order chi connectivity index (χ0) is 34.1. The van der Waals surface area contributed by atoms with Crippen molar-refractivity contribution >= 4 is 35.5 Å². The molecular weight excluding hydrogens is 578 g/mol. The molecule has 0 aromatic rings. The van der Waals surface area contributed by atoms with Gasteiger partial charge in [0.2, 0.25) is 29.5 Å². The molecule has 0 aliphatic carbocycles. The minimum absolute atomic E-state index is 0.0307. The summed E-state index contributed by atoms with van der Waals surface area (Å²) in [7, 11) is 0. The van der Waals surface area contributed by atoms with E-state index in [4.69, 9.17) is 4.74 Å². The molecule has 12 nitrogen and oxygen atoms in total. The summed E-state index contributed by atoms with van der Waals surface area (Å²) < 4.78 is 5.80. The highest BCUT2D eigenvalue weighted by Crippen LogP contribution is 2.16. The van der Waals surface area contributed by atoms with Crippen LogP contribution in [-0.4, -0.2) is 72.3 Å². The lowest BCUT2D eigenvalue weighted by atomic mass is 9.99. The lowest BCUT2D eigenvalue weighted by Gasteiger charge is -2.27. The molecule has 5 unspecified atom stereocenters. The molecule has 0 spiro atoms. The zero-order valence-corrected chi connectivity index (χ0v) is 28.8. The summed E-state index contributed by atoms with van der Waals surface area (Å²) in [6.07, 6.45) is 7.23. The molecule has 1 saturated heterocycles. The molecule has 0 bridgehead atoms. The Balaban J connectivity index is 3.25. The van der Waals surface area contributed by atoms with Crippen LogP contribution in [0, 0.1) is 17.8 Å². The van der Waals surface area contributed by atoms with Gasteiger partial charge in [0.05, 0.1) is 13.0 Å². The number of amides is 5. The third-order valence-electron chi connectivity index (χ3n) is 7.85. The van der Waals surface area contributed by atoms with Crippen molar-refractivity contribution in [2.75, 3.05) is 6.54 Å². The first-order valence-corrected chi connectivity index (χ1v) is 16.8. The molecule has 5 atom stereocenters. The standard InChI is InChI=1S/C33H59N5O7/c1-9-10-11-12-13-14-15-16-24-18-26(39)34-19-27(40)37-28(21(4)5)32(43)36-25(17-20(2)3)31(42)35-23(8)30(41)38-29(22(6)7)33(44)45-24/h20-25,28-29H,9-19H2,1-8H3,(H,34,39)(H,35,42)(H,36,43)(H,37,40)(H,38,41). The van der Waals surface area contributed by atoms with E-state index in [9.17, 15) is 28.8 Å². The minimum Gasteiger partial charge on any atom is -0.460 e. The Morgan fingerprint density at radius 3 is 1.87 bits per heavy atom. The largest absolute Gasteiger partial charge is 0.460 e. The lowest BCUT2D eigenvalue weighted by molar-refractivity contribution is -0.156. The number of unbranched alkanes of at least 4 members (excludes halogenated alkanes) is 6. The van der Waals surface area contributed by atoms with Crippen LogP contribution in [0.5, 0.6) is 0 Å². The van der Waals surface area contributed by atoms with E-state index in [1.807, 2.05) is 13.8 Å². The predicted octanol–water partition coefficient (Wildman–Crippen LogP) is 2.88. The van der Waals surface area contributed by atoms with Crippen molar-refractivity contribution in [1.82, 2.24) is 26.6 Å². The average molecular weight is 638 g/mol. The average Bonchev–Trinajstić information content (AvgIpc) is 2.95. The van der Waals surface area contributed by atoms with Gasteiger partial charge in [0.1, 0.15) is 30.3 Å². The molecule has 1 aliphatic heterocycles. The van der Waals surface area contributed by atoms with Crippen LogP contribution in [0.3, 0.4) is 0 Å². The van der Waals surface area contributed by atoms with E-state index in [2.05, 4.69) is 33.5 Å². The van der Waals surface area contributed by atoms with Crippen LogP contribution in [0.25, 0.3) is 0 Å². The van der Waals surface area contributed by atoms with E-state index in [0.717, 1.165) is 32.1 Å². The molecule has 0 aromatic carbocycles. The van der Waals surface area contributed by atoms with Gasteiger partial charge in [-0.1, -0.05) is 87.0 Å². The number of esters is 1. The van der Waals surface area contributed by atoms with Gasteiger partial charge in [0, 0.05) is 0 Å². The van der Waals surface area contributed by atoms with Crippen molar-refractivity contribution in [2.45, 2.75) is 150 Å². The smallest absolute Gasteiger partial charge is 0.329 e. The third-order valence-corrected chi connectivity index (χ3v) is 7.85. The molecule has 1 heterocycles. The fourth-order valence-electron chi connectivity index (χ4n) is 5.11. The van der Waals surface area contributed by atoms with Crippen LogP contribution < -0.4 is 26.6 Å². The normalized spacial score (nSPS) is 25.0. The van der Waals surface area contributed by atoms with Gasteiger partial charge in [-0.05, 0) is 43.9 Å². The Morgan fingerprint density at radius 2 is 1.29 bits per heavy atom. The van der Waals surface area contributed by atoms with E-state index in [1.54, 1.807) is 27.7 Å². The van der Waals surface area contributed by atoms with Gasteiger partial charge < -0.3 is 31.3 Å². The molecule has 5 amide bonds. The predicted molar refractivity (Wildman–Crippen MR) is 173 cm³/mol. The Kier molecular flexibility index (Phi) is 18.4. The van der Waals surface area contributed by atoms with Crippen molar-refractivity contribution in [3.63, 3.8) is 0 Å². The molecule has 0 saturated carbocycles. The minimum atomic E-state index is -1.02. The van der Waals surface area contributed by atoms with Gasteiger partial charge in [-0.2, -0.15) is 0 Å². The van der Waals surface area contributed by atoms with E-state index in [1.165, 1.54) is 19.8 Å². The summed E-state index contributed by atoms with van der Waals surface area (Å²) in [5.74, 6) is -4.02. The fourth-order valence-corrected chi connectivity index (χ4v) is 5.11. The SMILES string of the molecule is CCCCCCCCCC1CC(=O)NCC(=O)NC(C(C)C)C(=O)NC(CC(C)C)C(=O)NC(C)C(=O)NC(C(C)C)C(=O)O1. The lowest BCUT2D eigenvalue weighted by Crippen LogP contribution is -2.58. The van der Waals surface area contributed by atoms with Gasteiger partial charge in [0.25, 0.3) is 0 Å². The first-order valence-electron chi connectivity index (χ1n) is 16.8. The van der Waals surface area contributed by atoms with Crippen LogP contribution >= 0.6 is 0 Å². The maximum Gasteiger partial charge on any atom is 0.329 e. The monoisotopic (exact) mass is 637 g/mol. The Morgan fingerprint density at radius 1 is 0.689 bits per heavy atom. The number of hydrogen-bond donors (Lipinski definition) is 5. The summed E-state index contributed by atoms with van der Waals surface area (Å²) in [4.78, 5) is 78.7. The molecule has 5 N–H and O–H groups in total. The van der Waals surface area contributed by atoms with Crippen molar-refractivity contribution in [3.05, 3.63) is 0 Å². The van der Waals surface area contributed by atoms with Crippen LogP contribution in [-0.2, 0) is 33.5 Å². The van der Waals surface area contributed by atoms with E-state index >= 15 is 0 Å². The second-order valence-electron chi connectivity index (χ2n) is 13.4. The highest BCUT2D eigenvalue weighted by Gasteiger charge is 2.33. The topological polar surface area (TPSA) is 172 Å². The first kappa shape index (κ1) is 39.8. The first-order chi connectivity index (χ1) is 21.2. The third kappa shape index (κ3) is 15.6. The molecule has 12 heteroatoms. The van der Waals surface area contributed by atoms with Gasteiger partial charge in [-0.25, -0.2) is 4.79 Å². The van der Waals surface area contributed by atoms with Crippen LogP contribution in [0.4, 0.5) is 0 Å². The molecule has 1 aliphatic rings. The van der Waals surface area contributed by atoms with Crippen LogP contribution in [0.1, 0.15) is 120 Å². The van der Waals surface area contributed by atoms with E-state index < -0.39 is 65.8 Å². The van der Waals surface area contributed by atoms with Crippen LogP contribution in [0.2, 0.25) is 0 Å². The second kappa shape index (κ2) is 20.8. The van der Waals surface area contributed by atoms with E-state index in [0.29, 0.717) is 12.8 Å². The highest BCUT2D eigenvalue weighted by molar-refractivity contribution is 5.95. The summed E-state index contributed by atoms with van der Waals surface area (Å²) >= 11 is 0. The van der Waals surface area contributed by atoms with Gasteiger partial charge in [-0.3, -0.25) is 24.0 Å². The fraction of sp³-hybridized carbons (Fsp3) is 0.818. The molecule has 0 radical (unpaired) electrons.